The number of nitro groups is 2. The number of carboxylic acids is 1. The van der Waals surface area contributed by atoms with Gasteiger partial charge in [0.15, 0.2) is 0 Å². The number of nitrogens with two attached hydrogens (primary N) is 1. The number of carboxylic acid groups (broad SMARTS) is 1. The van der Waals surface area contributed by atoms with Crippen LogP contribution in [0.1, 0.15) is 29.6 Å². The van der Waals surface area contributed by atoms with E-state index in [-0.39, 0.29) is 18.5 Å². The van der Waals surface area contributed by atoms with Crippen LogP contribution in [0.2, 0.25) is 0 Å². The summed E-state index contributed by atoms with van der Waals surface area (Å²) in [6.45, 7) is 0.0704. The molecule has 2 rings (SSSR count). The van der Waals surface area contributed by atoms with Crippen LogP contribution >= 0.6 is 0 Å². The highest BCUT2D eigenvalue weighted by Gasteiger charge is 2.37. The van der Waals surface area contributed by atoms with Gasteiger partial charge in [0.1, 0.15) is 12.1 Å². The molecule has 1 aromatic rings. The first-order valence-corrected chi connectivity index (χ1v) is 8.57. The number of rotatable bonds is 8. The van der Waals surface area contributed by atoms with E-state index in [1.165, 1.54) is 0 Å². The fourth-order valence-corrected chi connectivity index (χ4v) is 3.05. The third-order valence-electron chi connectivity index (χ3n) is 4.41. The number of nitro benzene ring substituents is 2. The quantitative estimate of drug-likeness (QED) is 0.364. The molecule has 1 aromatic carbocycles. The molecule has 1 saturated heterocycles. The topological polar surface area (TPSA) is 216 Å². The molecule has 1 fully saturated rings. The molecule has 0 unspecified atom stereocenters. The van der Waals surface area contributed by atoms with E-state index in [0.29, 0.717) is 12.5 Å². The first kappa shape index (κ1) is 22.2. The zero-order valence-electron chi connectivity index (χ0n) is 15.3. The van der Waals surface area contributed by atoms with Crippen LogP contribution < -0.4 is 11.1 Å². The van der Waals surface area contributed by atoms with E-state index in [2.05, 4.69) is 5.32 Å². The lowest BCUT2D eigenvalue weighted by atomic mass is 10.1. The van der Waals surface area contributed by atoms with Gasteiger partial charge in [-0.2, -0.15) is 0 Å². The standard InChI is InChI=1S/C16H17N5O9/c17-13(22)7-11(16(25)26)18-14(23)12-2-1-3-19(12)15(24)8-4-9(20(27)28)6-10(5-8)21(29)30/h4-6,11-12H,1-3,7H2,(H2,17,22)(H,18,23)(H,25,26)/t11-,12-/m0/s1. The summed E-state index contributed by atoms with van der Waals surface area (Å²) in [6, 6.07) is -0.297. The molecule has 160 valence electrons. The zero-order chi connectivity index (χ0) is 22.6. The van der Waals surface area contributed by atoms with E-state index >= 15 is 0 Å². The summed E-state index contributed by atoms with van der Waals surface area (Å²) in [5.74, 6) is -4.16. The summed E-state index contributed by atoms with van der Waals surface area (Å²) >= 11 is 0. The van der Waals surface area contributed by atoms with Crippen LogP contribution in [0.3, 0.4) is 0 Å². The smallest absolute Gasteiger partial charge is 0.326 e. The van der Waals surface area contributed by atoms with Gasteiger partial charge in [0.05, 0.1) is 27.9 Å². The van der Waals surface area contributed by atoms with E-state index in [9.17, 15) is 39.4 Å². The van der Waals surface area contributed by atoms with Crippen molar-refractivity contribution in [2.24, 2.45) is 5.73 Å². The number of benzene rings is 1. The number of carbonyl (C=O) groups excluding carboxylic acids is 3. The zero-order valence-corrected chi connectivity index (χ0v) is 15.3. The van der Waals surface area contributed by atoms with Crippen molar-refractivity contribution in [3.05, 3.63) is 44.0 Å². The number of carbonyl (C=O) groups is 4. The van der Waals surface area contributed by atoms with E-state index < -0.39 is 63.4 Å². The summed E-state index contributed by atoms with van der Waals surface area (Å²) in [5, 5.41) is 33.3. The van der Waals surface area contributed by atoms with Crippen molar-refractivity contribution >= 4 is 35.1 Å². The van der Waals surface area contributed by atoms with Crippen LogP contribution in [0, 0.1) is 20.2 Å². The highest BCUT2D eigenvalue weighted by atomic mass is 16.6. The first-order chi connectivity index (χ1) is 14.0. The molecular weight excluding hydrogens is 406 g/mol. The number of amides is 3. The number of likely N-dealkylation sites (tertiary alicyclic amines) is 1. The van der Waals surface area contributed by atoms with E-state index in [1.807, 2.05) is 0 Å². The Balaban J connectivity index is 2.28. The molecule has 0 aromatic heterocycles. The molecule has 4 N–H and O–H groups in total. The largest absolute Gasteiger partial charge is 0.480 e. The minimum absolute atomic E-state index is 0.0704. The van der Waals surface area contributed by atoms with Crippen LogP contribution in [0.5, 0.6) is 0 Å². The predicted molar refractivity (Wildman–Crippen MR) is 97.2 cm³/mol. The SMILES string of the molecule is NC(=O)C[C@H](NC(=O)[C@@H]1CCCN1C(=O)c1cc([N+](=O)[O-])cc([N+](=O)[O-])c1)C(=O)O. The number of nitrogens with one attached hydrogen (secondary N) is 1. The van der Waals surface area contributed by atoms with Gasteiger partial charge in [0, 0.05) is 18.7 Å². The summed E-state index contributed by atoms with van der Waals surface area (Å²) in [4.78, 5) is 68.8. The molecule has 0 spiro atoms. The third kappa shape index (κ3) is 5.03. The van der Waals surface area contributed by atoms with Gasteiger partial charge in [-0.15, -0.1) is 0 Å². The fourth-order valence-electron chi connectivity index (χ4n) is 3.05. The average molecular weight is 423 g/mol. The maximum Gasteiger partial charge on any atom is 0.326 e. The third-order valence-corrected chi connectivity index (χ3v) is 4.41. The van der Waals surface area contributed by atoms with Gasteiger partial charge in [0.25, 0.3) is 17.3 Å². The van der Waals surface area contributed by atoms with Crippen molar-refractivity contribution in [3.63, 3.8) is 0 Å². The number of hydrogen-bond donors (Lipinski definition) is 3. The van der Waals surface area contributed by atoms with Gasteiger partial charge in [-0.05, 0) is 12.8 Å². The molecule has 14 heteroatoms. The molecule has 1 heterocycles. The van der Waals surface area contributed by atoms with Crippen molar-refractivity contribution in [2.45, 2.75) is 31.3 Å². The molecule has 14 nitrogen and oxygen atoms in total. The molecule has 1 aliphatic heterocycles. The van der Waals surface area contributed by atoms with Crippen LogP contribution in [-0.2, 0) is 14.4 Å². The lowest BCUT2D eigenvalue weighted by molar-refractivity contribution is -0.394. The Hall–Kier alpha value is -4.10. The minimum Gasteiger partial charge on any atom is -0.480 e. The second-order valence-electron chi connectivity index (χ2n) is 6.48. The number of non-ortho nitro benzene ring substituents is 2. The van der Waals surface area contributed by atoms with Gasteiger partial charge in [-0.3, -0.25) is 34.6 Å². The van der Waals surface area contributed by atoms with Crippen molar-refractivity contribution in [1.82, 2.24) is 10.2 Å². The van der Waals surface area contributed by atoms with Crippen LogP contribution in [-0.4, -0.2) is 62.2 Å². The molecule has 30 heavy (non-hydrogen) atoms. The highest BCUT2D eigenvalue weighted by molar-refractivity contribution is 5.99. The molecule has 2 atom stereocenters. The monoisotopic (exact) mass is 423 g/mol. The van der Waals surface area contributed by atoms with Gasteiger partial charge >= 0.3 is 5.97 Å². The van der Waals surface area contributed by atoms with Crippen LogP contribution in [0.4, 0.5) is 11.4 Å². The predicted octanol–water partition coefficient (Wildman–Crippen LogP) is -0.448. The molecule has 0 saturated carbocycles. The van der Waals surface area contributed by atoms with E-state index in [1.54, 1.807) is 0 Å². The summed E-state index contributed by atoms with van der Waals surface area (Å²) in [6.07, 6.45) is -0.120. The molecule has 1 aliphatic rings. The van der Waals surface area contributed by atoms with Gasteiger partial charge in [-0.1, -0.05) is 0 Å². The summed E-state index contributed by atoms with van der Waals surface area (Å²) in [5.41, 5.74) is 3.27. The molecule has 3 amide bonds. The fraction of sp³-hybridized carbons (Fsp3) is 0.375. The second-order valence-corrected chi connectivity index (χ2v) is 6.48. The number of primary amides is 1. The summed E-state index contributed by atoms with van der Waals surface area (Å²) in [7, 11) is 0. The molecule has 0 bridgehead atoms. The summed E-state index contributed by atoms with van der Waals surface area (Å²) < 4.78 is 0. The van der Waals surface area contributed by atoms with Gasteiger partial charge < -0.3 is 21.1 Å². The van der Waals surface area contributed by atoms with Gasteiger partial charge in [0.2, 0.25) is 11.8 Å². The van der Waals surface area contributed by atoms with Crippen molar-refractivity contribution in [3.8, 4) is 0 Å². The normalized spacial score (nSPS) is 16.5. The van der Waals surface area contributed by atoms with Crippen molar-refractivity contribution < 1.29 is 34.1 Å². The van der Waals surface area contributed by atoms with E-state index in [0.717, 1.165) is 17.0 Å². The van der Waals surface area contributed by atoms with E-state index in [4.69, 9.17) is 10.8 Å². The Bertz CT molecular complexity index is 899. The Kier molecular flexibility index (Phi) is 6.61. The van der Waals surface area contributed by atoms with Gasteiger partial charge in [-0.25, -0.2) is 4.79 Å². The van der Waals surface area contributed by atoms with Crippen molar-refractivity contribution in [1.29, 1.82) is 0 Å². The number of hydrogen-bond acceptors (Lipinski definition) is 8. The Morgan fingerprint density at radius 2 is 1.73 bits per heavy atom. The highest BCUT2D eigenvalue weighted by Crippen LogP contribution is 2.26. The Morgan fingerprint density at radius 1 is 1.17 bits per heavy atom. The molecule has 0 radical (unpaired) electrons. The lowest BCUT2D eigenvalue weighted by Crippen LogP contribution is -2.51. The lowest BCUT2D eigenvalue weighted by Gasteiger charge is -2.25. The number of aliphatic carboxylic acids is 1. The van der Waals surface area contributed by atoms with Crippen molar-refractivity contribution in [2.75, 3.05) is 6.54 Å². The number of nitrogens with zero attached hydrogens (tertiary/aromatic N) is 3. The minimum atomic E-state index is -1.59. The maximum atomic E-state index is 12.8. The molecule has 0 aliphatic carbocycles. The van der Waals surface area contributed by atoms with Crippen LogP contribution in [0.25, 0.3) is 0 Å². The molecular formula is C16H17N5O9. The Morgan fingerprint density at radius 3 is 2.20 bits per heavy atom. The maximum absolute atomic E-state index is 12.8. The van der Waals surface area contributed by atoms with Crippen LogP contribution in [0.15, 0.2) is 18.2 Å². The first-order valence-electron chi connectivity index (χ1n) is 8.57. The second kappa shape index (κ2) is 8.93. The average Bonchev–Trinajstić information content (AvgIpc) is 3.15. The Labute approximate surface area is 167 Å².